The molecule has 3 rings (SSSR count). The van der Waals surface area contributed by atoms with Crippen molar-refractivity contribution in [2.75, 3.05) is 18.4 Å². The summed E-state index contributed by atoms with van der Waals surface area (Å²) in [4.78, 5) is 26.7. The smallest absolute Gasteiger partial charge is 0.342 e. The number of nitrogens with two attached hydrogens (primary N) is 1. The predicted molar refractivity (Wildman–Crippen MR) is 104 cm³/mol. The van der Waals surface area contributed by atoms with Crippen molar-refractivity contribution < 1.29 is 35.9 Å². The van der Waals surface area contributed by atoms with Gasteiger partial charge in [-0.05, 0) is 43.4 Å². The van der Waals surface area contributed by atoms with Crippen LogP contribution in [0.5, 0.6) is 0 Å². The first-order valence-corrected chi connectivity index (χ1v) is 10.5. The van der Waals surface area contributed by atoms with E-state index in [0.29, 0.717) is 31.6 Å². The van der Waals surface area contributed by atoms with Gasteiger partial charge in [0.05, 0.1) is 17.0 Å². The van der Waals surface area contributed by atoms with Crippen LogP contribution in [-0.2, 0) is 21.9 Å². The highest BCUT2D eigenvalue weighted by molar-refractivity contribution is 5.91. The Morgan fingerprint density at radius 3 is 2.12 bits per heavy atom. The normalized spacial score (nSPS) is 24.5. The largest absolute Gasteiger partial charge is 0.416 e. The second-order valence-corrected chi connectivity index (χ2v) is 8.54. The fraction of sp³-hybridized carbons (Fsp3) is 0.619. The maximum Gasteiger partial charge on any atom is 0.416 e. The van der Waals surface area contributed by atoms with Crippen molar-refractivity contribution in [1.29, 1.82) is 0 Å². The van der Waals surface area contributed by atoms with Crippen molar-refractivity contribution in [3.8, 4) is 0 Å². The van der Waals surface area contributed by atoms with E-state index in [1.54, 1.807) is 4.90 Å². The summed E-state index contributed by atoms with van der Waals surface area (Å²) in [5, 5.41) is 2.15. The van der Waals surface area contributed by atoms with Crippen molar-refractivity contribution in [3.05, 3.63) is 29.3 Å². The Hall–Kier alpha value is -2.30. The van der Waals surface area contributed by atoms with Crippen LogP contribution in [0.15, 0.2) is 18.2 Å². The first-order chi connectivity index (χ1) is 14.8. The standard InChI is InChI=1S/C21H25F6N3O2/c22-20(23,24)13-8-14(21(25,26)27)10-15(9-13)29-18(31)7-12-5-6-30(11-12)19(32)16-3-1-2-4-17(16)28/h8-10,12,16-17H,1-7,11,28H2,(H,29,31)/t12?,16-,17+/m0/s1. The molecule has 2 aliphatic rings. The van der Waals surface area contributed by atoms with Gasteiger partial charge in [-0.2, -0.15) is 26.3 Å². The van der Waals surface area contributed by atoms with E-state index in [1.807, 2.05) is 0 Å². The third-order valence-corrected chi connectivity index (χ3v) is 6.08. The molecule has 3 atom stereocenters. The van der Waals surface area contributed by atoms with Gasteiger partial charge >= 0.3 is 12.4 Å². The van der Waals surface area contributed by atoms with Crippen LogP contribution in [0.4, 0.5) is 32.0 Å². The van der Waals surface area contributed by atoms with Crippen molar-refractivity contribution in [1.82, 2.24) is 4.90 Å². The van der Waals surface area contributed by atoms with Gasteiger partial charge < -0.3 is 16.0 Å². The average Bonchev–Trinajstić information content (AvgIpc) is 3.14. The third kappa shape index (κ3) is 5.93. The summed E-state index contributed by atoms with van der Waals surface area (Å²) >= 11 is 0. The summed E-state index contributed by atoms with van der Waals surface area (Å²) in [6.45, 7) is 0.758. The molecule has 1 saturated carbocycles. The number of carbonyl (C=O) groups excluding carboxylic acids is 2. The maximum atomic E-state index is 13.0. The molecule has 0 bridgehead atoms. The minimum atomic E-state index is -4.99. The van der Waals surface area contributed by atoms with E-state index in [2.05, 4.69) is 5.32 Å². The van der Waals surface area contributed by atoms with Crippen LogP contribution in [0.1, 0.15) is 49.7 Å². The second kappa shape index (κ2) is 9.29. The number of amides is 2. The molecule has 32 heavy (non-hydrogen) atoms. The van der Waals surface area contributed by atoms with Crippen molar-refractivity contribution >= 4 is 17.5 Å². The molecule has 1 saturated heterocycles. The molecule has 1 aromatic carbocycles. The van der Waals surface area contributed by atoms with Crippen molar-refractivity contribution in [2.24, 2.45) is 17.6 Å². The molecule has 0 aromatic heterocycles. The zero-order valence-electron chi connectivity index (χ0n) is 17.2. The number of likely N-dealkylation sites (tertiary alicyclic amines) is 1. The minimum Gasteiger partial charge on any atom is -0.342 e. The molecular formula is C21H25F6N3O2. The number of nitrogens with zero attached hydrogens (tertiary/aromatic N) is 1. The Balaban J connectivity index is 1.62. The fourth-order valence-corrected chi connectivity index (χ4v) is 4.40. The van der Waals surface area contributed by atoms with Gasteiger partial charge in [0, 0.05) is 31.2 Å². The van der Waals surface area contributed by atoms with Crippen LogP contribution < -0.4 is 11.1 Å². The van der Waals surface area contributed by atoms with Crippen LogP contribution in [0.3, 0.4) is 0 Å². The van der Waals surface area contributed by atoms with Gasteiger partial charge in [-0.1, -0.05) is 12.8 Å². The van der Waals surface area contributed by atoms with E-state index in [-0.39, 0.29) is 36.3 Å². The summed E-state index contributed by atoms with van der Waals surface area (Å²) < 4.78 is 77.8. The zero-order valence-corrected chi connectivity index (χ0v) is 17.2. The molecule has 2 fully saturated rings. The summed E-state index contributed by atoms with van der Waals surface area (Å²) in [7, 11) is 0. The van der Waals surface area contributed by atoms with E-state index in [1.165, 1.54) is 0 Å². The predicted octanol–water partition coefficient (Wildman–Crippen LogP) is 4.42. The zero-order chi connectivity index (χ0) is 23.7. The monoisotopic (exact) mass is 465 g/mol. The van der Waals surface area contributed by atoms with Crippen LogP contribution in [0.25, 0.3) is 0 Å². The lowest BCUT2D eigenvalue weighted by Gasteiger charge is -2.31. The number of nitrogens with one attached hydrogen (secondary N) is 1. The molecule has 178 valence electrons. The topological polar surface area (TPSA) is 75.4 Å². The number of rotatable bonds is 4. The average molecular weight is 465 g/mol. The molecule has 11 heteroatoms. The maximum absolute atomic E-state index is 13.0. The first kappa shape index (κ1) is 24.3. The summed E-state index contributed by atoms with van der Waals surface area (Å²) in [5.74, 6) is -1.23. The van der Waals surface area contributed by atoms with E-state index < -0.39 is 35.1 Å². The number of halogens is 6. The Kier molecular flexibility index (Phi) is 7.06. The van der Waals surface area contributed by atoms with Crippen molar-refractivity contribution in [3.63, 3.8) is 0 Å². The Morgan fingerprint density at radius 2 is 1.56 bits per heavy atom. The molecule has 1 heterocycles. The van der Waals surface area contributed by atoms with Gasteiger partial charge in [-0.15, -0.1) is 0 Å². The Bertz CT molecular complexity index is 823. The molecule has 0 radical (unpaired) electrons. The second-order valence-electron chi connectivity index (χ2n) is 8.54. The molecule has 1 aliphatic heterocycles. The van der Waals surface area contributed by atoms with Crippen LogP contribution >= 0.6 is 0 Å². The van der Waals surface area contributed by atoms with Gasteiger partial charge in [-0.3, -0.25) is 9.59 Å². The number of hydrogen-bond donors (Lipinski definition) is 2. The van der Waals surface area contributed by atoms with Gasteiger partial charge in [-0.25, -0.2) is 0 Å². The number of carbonyl (C=O) groups is 2. The summed E-state index contributed by atoms with van der Waals surface area (Å²) in [6.07, 6.45) is -6.15. The number of alkyl halides is 6. The summed E-state index contributed by atoms with van der Waals surface area (Å²) in [5.41, 5.74) is 2.50. The van der Waals surface area contributed by atoms with Crippen molar-refractivity contribution in [2.45, 2.75) is 56.9 Å². The van der Waals surface area contributed by atoms with E-state index in [4.69, 9.17) is 5.73 Å². The minimum absolute atomic E-state index is 0.00604. The third-order valence-electron chi connectivity index (χ3n) is 6.08. The Morgan fingerprint density at radius 1 is 0.969 bits per heavy atom. The number of hydrogen-bond acceptors (Lipinski definition) is 3. The van der Waals surface area contributed by atoms with Gasteiger partial charge in [0.2, 0.25) is 11.8 Å². The lowest BCUT2D eigenvalue weighted by atomic mass is 9.84. The quantitative estimate of drug-likeness (QED) is 0.647. The number of anilines is 1. The highest BCUT2D eigenvalue weighted by Gasteiger charge is 2.38. The SMILES string of the molecule is N[C@@H]1CCCC[C@@H]1C(=O)N1CCC(CC(=O)Nc2cc(C(F)(F)F)cc(C(F)(F)F)c2)C1. The lowest BCUT2D eigenvalue weighted by Crippen LogP contribution is -2.45. The molecule has 1 aromatic rings. The van der Waals surface area contributed by atoms with Crippen LogP contribution in [0.2, 0.25) is 0 Å². The number of benzene rings is 1. The van der Waals surface area contributed by atoms with Crippen LogP contribution in [-0.4, -0.2) is 35.8 Å². The molecule has 0 spiro atoms. The lowest BCUT2D eigenvalue weighted by molar-refractivity contribution is -0.143. The molecule has 1 aliphatic carbocycles. The summed E-state index contributed by atoms with van der Waals surface area (Å²) in [6, 6.07) is 0.762. The van der Waals surface area contributed by atoms with E-state index in [9.17, 15) is 35.9 Å². The molecule has 2 amide bonds. The molecule has 1 unspecified atom stereocenters. The molecule has 3 N–H and O–H groups in total. The van der Waals surface area contributed by atoms with Gasteiger partial charge in [0.15, 0.2) is 0 Å². The highest BCUT2D eigenvalue weighted by atomic mass is 19.4. The van der Waals surface area contributed by atoms with Gasteiger partial charge in [0.1, 0.15) is 0 Å². The van der Waals surface area contributed by atoms with E-state index >= 15 is 0 Å². The first-order valence-electron chi connectivity index (χ1n) is 10.5. The Labute approximate surface area is 181 Å². The molecular weight excluding hydrogens is 440 g/mol. The van der Waals surface area contributed by atoms with E-state index in [0.717, 1.165) is 25.7 Å². The van der Waals surface area contributed by atoms with Gasteiger partial charge in [0.25, 0.3) is 0 Å². The van der Waals surface area contributed by atoms with Crippen LogP contribution in [0, 0.1) is 11.8 Å². The molecule has 5 nitrogen and oxygen atoms in total. The fourth-order valence-electron chi connectivity index (χ4n) is 4.40. The highest BCUT2D eigenvalue weighted by Crippen LogP contribution is 2.37.